The molecule has 1 nitrogen and oxygen atoms in total. The fourth-order valence-electron chi connectivity index (χ4n) is 1.26. The van der Waals surface area contributed by atoms with E-state index in [0.717, 1.165) is 3.57 Å². The molecule has 1 aliphatic carbocycles. The van der Waals surface area contributed by atoms with Gasteiger partial charge >= 0.3 is 0 Å². The van der Waals surface area contributed by atoms with Crippen LogP contribution in [0.5, 0.6) is 5.75 Å². The second-order valence-electron chi connectivity index (χ2n) is 3.10. The first-order valence-electron chi connectivity index (χ1n) is 3.86. The first-order valence-corrected chi connectivity index (χ1v) is 5.32. The molecule has 0 aliphatic heterocycles. The number of aromatic hydroxyl groups is 1. The molecule has 0 radical (unpaired) electrons. The number of halogens is 2. The van der Waals surface area contributed by atoms with Crippen molar-refractivity contribution in [1.29, 1.82) is 0 Å². The second-order valence-corrected chi connectivity index (χ2v) is 4.67. The van der Waals surface area contributed by atoms with Gasteiger partial charge < -0.3 is 5.11 Å². The maximum absolute atomic E-state index is 9.33. The first-order chi connectivity index (χ1) is 5.68. The quantitative estimate of drug-likeness (QED) is 0.786. The minimum Gasteiger partial charge on any atom is -0.507 e. The molecule has 0 bridgehead atoms. The van der Waals surface area contributed by atoms with Gasteiger partial charge in [-0.1, -0.05) is 11.6 Å². The summed E-state index contributed by atoms with van der Waals surface area (Å²) in [6.07, 6.45) is 2.47. The number of hydrogen-bond donors (Lipinski definition) is 1. The lowest BCUT2D eigenvalue weighted by atomic mass is 10.1. The summed E-state index contributed by atoms with van der Waals surface area (Å²) in [7, 11) is 0. The van der Waals surface area contributed by atoms with Crippen LogP contribution in [0.25, 0.3) is 0 Å². The van der Waals surface area contributed by atoms with Gasteiger partial charge in [-0.3, -0.25) is 0 Å². The van der Waals surface area contributed by atoms with Crippen LogP contribution in [0.4, 0.5) is 0 Å². The van der Waals surface area contributed by atoms with Gasteiger partial charge in [-0.2, -0.15) is 0 Å². The van der Waals surface area contributed by atoms with Crippen molar-refractivity contribution in [3.05, 3.63) is 26.3 Å². The molecule has 1 aliphatic rings. The lowest BCUT2D eigenvalue weighted by molar-refractivity contribution is 0.471. The van der Waals surface area contributed by atoms with Crippen LogP contribution in [0.3, 0.4) is 0 Å². The van der Waals surface area contributed by atoms with Crippen LogP contribution in [0.2, 0.25) is 5.02 Å². The topological polar surface area (TPSA) is 20.2 Å². The Labute approximate surface area is 89.9 Å². The molecule has 1 aromatic carbocycles. The van der Waals surface area contributed by atoms with Crippen molar-refractivity contribution in [3.63, 3.8) is 0 Å². The van der Waals surface area contributed by atoms with Crippen molar-refractivity contribution in [2.45, 2.75) is 18.8 Å². The number of phenolic OH excluding ortho intramolecular Hbond substituents is 1. The monoisotopic (exact) mass is 294 g/mol. The summed E-state index contributed by atoms with van der Waals surface area (Å²) in [5.41, 5.74) is 1.19. The van der Waals surface area contributed by atoms with Gasteiger partial charge in [0.2, 0.25) is 0 Å². The van der Waals surface area contributed by atoms with Crippen LogP contribution in [-0.4, -0.2) is 5.11 Å². The third kappa shape index (κ3) is 1.55. The van der Waals surface area contributed by atoms with Crippen LogP contribution in [0.1, 0.15) is 24.3 Å². The molecular weight excluding hydrogens is 286 g/mol. The highest BCUT2D eigenvalue weighted by atomic mass is 127. The molecule has 1 aromatic rings. The predicted molar refractivity (Wildman–Crippen MR) is 57.8 cm³/mol. The van der Waals surface area contributed by atoms with Crippen molar-refractivity contribution < 1.29 is 5.11 Å². The summed E-state index contributed by atoms with van der Waals surface area (Å²) in [6, 6.07) is 3.62. The second kappa shape index (κ2) is 3.07. The Morgan fingerprint density at radius 3 is 2.67 bits per heavy atom. The van der Waals surface area contributed by atoms with E-state index in [-0.39, 0.29) is 5.75 Å². The molecular formula is C9H8ClIO. The van der Waals surface area contributed by atoms with Crippen LogP contribution < -0.4 is 0 Å². The third-order valence-electron chi connectivity index (χ3n) is 2.08. The minimum absolute atomic E-state index is 0.282. The molecule has 2 rings (SSSR count). The van der Waals surface area contributed by atoms with E-state index >= 15 is 0 Å². The number of hydrogen-bond acceptors (Lipinski definition) is 1. The van der Waals surface area contributed by atoms with Crippen LogP contribution in [-0.2, 0) is 0 Å². The highest BCUT2D eigenvalue weighted by Gasteiger charge is 2.26. The van der Waals surface area contributed by atoms with E-state index in [2.05, 4.69) is 22.6 Å². The van der Waals surface area contributed by atoms with Gasteiger partial charge in [0.1, 0.15) is 5.75 Å². The average molecular weight is 295 g/mol. The normalized spacial score (nSPS) is 16.5. The van der Waals surface area contributed by atoms with Crippen molar-refractivity contribution in [1.82, 2.24) is 0 Å². The van der Waals surface area contributed by atoms with E-state index in [1.54, 1.807) is 6.07 Å². The summed E-state index contributed by atoms with van der Waals surface area (Å²) in [4.78, 5) is 0. The zero-order chi connectivity index (χ0) is 8.72. The molecule has 0 amide bonds. The molecule has 0 aromatic heterocycles. The Morgan fingerprint density at radius 2 is 2.08 bits per heavy atom. The molecule has 0 saturated heterocycles. The summed E-state index contributed by atoms with van der Waals surface area (Å²) in [5, 5.41) is 10.0. The van der Waals surface area contributed by atoms with Crippen LogP contribution in [0.15, 0.2) is 12.1 Å². The molecule has 0 spiro atoms. The van der Waals surface area contributed by atoms with Gasteiger partial charge in [0, 0.05) is 5.02 Å². The van der Waals surface area contributed by atoms with Crippen molar-refractivity contribution in [2.75, 3.05) is 0 Å². The smallest absolute Gasteiger partial charge is 0.130 e. The Hall–Kier alpha value is 0.0400. The molecule has 1 saturated carbocycles. The molecule has 0 atom stereocenters. The fraction of sp³-hybridized carbons (Fsp3) is 0.333. The maximum atomic E-state index is 9.33. The summed E-state index contributed by atoms with van der Waals surface area (Å²) in [5.74, 6) is 0.927. The predicted octanol–water partition coefficient (Wildman–Crippen LogP) is 3.53. The van der Waals surface area contributed by atoms with Crippen molar-refractivity contribution >= 4 is 34.2 Å². The maximum Gasteiger partial charge on any atom is 0.130 e. The van der Waals surface area contributed by atoms with E-state index in [1.165, 1.54) is 18.4 Å². The standard InChI is InChI=1S/C9H8ClIO/c10-7-4-9(12)8(11)3-6(7)5-1-2-5/h3-5,12H,1-2H2. The molecule has 0 heterocycles. The Morgan fingerprint density at radius 1 is 1.42 bits per heavy atom. The highest BCUT2D eigenvalue weighted by Crippen LogP contribution is 2.44. The third-order valence-corrected chi connectivity index (χ3v) is 3.27. The van der Waals surface area contributed by atoms with E-state index in [4.69, 9.17) is 11.6 Å². The van der Waals surface area contributed by atoms with E-state index in [9.17, 15) is 5.11 Å². The van der Waals surface area contributed by atoms with E-state index < -0.39 is 0 Å². The Kier molecular flexibility index (Phi) is 2.21. The Bertz CT molecular complexity index is 321. The fourth-order valence-corrected chi connectivity index (χ4v) is 2.06. The number of benzene rings is 1. The van der Waals surface area contributed by atoms with Crippen LogP contribution >= 0.6 is 34.2 Å². The lowest BCUT2D eigenvalue weighted by Gasteiger charge is -2.04. The van der Waals surface area contributed by atoms with Gasteiger partial charge in [-0.25, -0.2) is 0 Å². The average Bonchev–Trinajstić information content (AvgIpc) is 2.79. The van der Waals surface area contributed by atoms with Gasteiger partial charge in [0.15, 0.2) is 0 Å². The number of phenols is 1. The van der Waals surface area contributed by atoms with Gasteiger partial charge in [0.05, 0.1) is 3.57 Å². The zero-order valence-corrected chi connectivity index (χ0v) is 9.26. The van der Waals surface area contributed by atoms with E-state index in [1.807, 2.05) is 6.07 Å². The molecule has 0 unspecified atom stereocenters. The molecule has 1 N–H and O–H groups in total. The van der Waals surface area contributed by atoms with Crippen LogP contribution in [0, 0.1) is 3.57 Å². The molecule has 1 fully saturated rings. The SMILES string of the molecule is Oc1cc(Cl)c(C2CC2)cc1I. The minimum atomic E-state index is 0.282. The summed E-state index contributed by atoms with van der Waals surface area (Å²) >= 11 is 8.09. The Balaban J connectivity index is 2.47. The van der Waals surface area contributed by atoms with Gasteiger partial charge in [0.25, 0.3) is 0 Å². The molecule has 12 heavy (non-hydrogen) atoms. The summed E-state index contributed by atoms with van der Waals surface area (Å²) in [6.45, 7) is 0. The molecule has 3 heteroatoms. The summed E-state index contributed by atoms with van der Waals surface area (Å²) < 4.78 is 0.888. The zero-order valence-electron chi connectivity index (χ0n) is 6.35. The lowest BCUT2D eigenvalue weighted by Crippen LogP contribution is -1.84. The van der Waals surface area contributed by atoms with Crippen molar-refractivity contribution in [2.24, 2.45) is 0 Å². The molecule has 64 valence electrons. The van der Waals surface area contributed by atoms with E-state index in [0.29, 0.717) is 10.9 Å². The van der Waals surface area contributed by atoms with Gasteiger partial charge in [-0.05, 0) is 59.0 Å². The van der Waals surface area contributed by atoms with Gasteiger partial charge in [-0.15, -0.1) is 0 Å². The van der Waals surface area contributed by atoms with Crippen molar-refractivity contribution in [3.8, 4) is 5.75 Å². The number of rotatable bonds is 1. The first kappa shape index (κ1) is 8.63. The highest BCUT2D eigenvalue weighted by molar-refractivity contribution is 14.1. The largest absolute Gasteiger partial charge is 0.507 e.